The largest absolute Gasteiger partial charge is 0.479 e. The highest BCUT2D eigenvalue weighted by molar-refractivity contribution is 7.73. The first kappa shape index (κ1) is 14.3. The van der Waals surface area contributed by atoms with Crippen LogP contribution in [0.3, 0.4) is 0 Å². The van der Waals surface area contributed by atoms with Gasteiger partial charge in [-0.1, -0.05) is 0 Å². The van der Waals surface area contributed by atoms with Crippen molar-refractivity contribution in [1.82, 2.24) is 0 Å². The second-order valence-electron chi connectivity index (χ2n) is 3.41. The topological polar surface area (TPSA) is 81.7 Å². The number of carbonyl (C=O) groups is 1. The lowest BCUT2D eigenvalue weighted by atomic mass is 10.3. The third-order valence-corrected chi connectivity index (χ3v) is 2.45. The van der Waals surface area contributed by atoms with Crippen molar-refractivity contribution in [3.63, 3.8) is 0 Å². The van der Waals surface area contributed by atoms with Crippen molar-refractivity contribution in [2.45, 2.75) is 20.0 Å². The molecule has 0 aliphatic rings. The Labute approximate surface area is 107 Å². The summed E-state index contributed by atoms with van der Waals surface area (Å²) in [5.41, 5.74) is 0.433. The molecule has 1 aromatic carbocycles. The highest BCUT2D eigenvalue weighted by atomic mass is 32.2. The van der Waals surface area contributed by atoms with Crippen LogP contribution in [0.2, 0.25) is 0 Å². The molecule has 0 saturated carbocycles. The van der Waals surface area contributed by atoms with Crippen LogP contribution in [-0.4, -0.2) is 27.1 Å². The van der Waals surface area contributed by atoms with Crippen LogP contribution < -0.4 is 9.46 Å². The Hall–Kier alpha value is -1.76. The average Bonchev–Trinajstić information content (AvgIpc) is 2.31. The zero-order valence-corrected chi connectivity index (χ0v) is 11.0. The van der Waals surface area contributed by atoms with Crippen LogP contribution in [0.5, 0.6) is 5.75 Å². The first-order valence-electron chi connectivity index (χ1n) is 5.37. The Morgan fingerprint density at radius 2 is 1.94 bits per heavy atom. The van der Waals surface area contributed by atoms with Crippen molar-refractivity contribution in [2.24, 2.45) is 0 Å². The molecule has 1 aromatic rings. The first-order chi connectivity index (χ1) is 8.52. The molecule has 100 valence electrons. The summed E-state index contributed by atoms with van der Waals surface area (Å²) in [6.45, 7) is 3.60. The maximum atomic E-state index is 11.3. The van der Waals surface area contributed by atoms with Gasteiger partial charge in [0, 0.05) is 5.69 Å². The molecule has 0 radical (unpaired) electrons. The standard InChI is InChI=1S/C11H15NO5S/c1-3-16-11(13)8(2)17-10-6-4-9(5-7-10)12-18(14)15/h4-8,18H,3H2,1-2H3,(H,12,14,15). The number of benzene rings is 1. The Morgan fingerprint density at radius 3 is 2.44 bits per heavy atom. The number of esters is 1. The van der Waals surface area contributed by atoms with Crippen LogP contribution in [0, 0.1) is 0 Å². The van der Waals surface area contributed by atoms with Crippen LogP contribution in [0.15, 0.2) is 24.3 Å². The molecule has 1 atom stereocenters. The lowest BCUT2D eigenvalue weighted by molar-refractivity contribution is -0.150. The van der Waals surface area contributed by atoms with Crippen LogP contribution in [0.1, 0.15) is 13.8 Å². The van der Waals surface area contributed by atoms with Gasteiger partial charge in [-0.15, -0.1) is 0 Å². The van der Waals surface area contributed by atoms with E-state index in [1.54, 1.807) is 38.1 Å². The minimum atomic E-state index is -2.68. The third-order valence-electron chi connectivity index (χ3n) is 2.01. The third kappa shape index (κ3) is 4.62. The highest BCUT2D eigenvalue weighted by Crippen LogP contribution is 2.17. The van der Waals surface area contributed by atoms with E-state index in [0.29, 0.717) is 18.0 Å². The molecule has 0 fully saturated rings. The van der Waals surface area contributed by atoms with Gasteiger partial charge in [0.15, 0.2) is 6.10 Å². The van der Waals surface area contributed by atoms with Crippen molar-refractivity contribution in [3.8, 4) is 5.75 Å². The van der Waals surface area contributed by atoms with Crippen LogP contribution >= 0.6 is 0 Å². The van der Waals surface area contributed by atoms with E-state index in [0.717, 1.165) is 0 Å². The molecule has 0 aliphatic carbocycles. The van der Waals surface area contributed by atoms with Gasteiger partial charge in [0.05, 0.1) is 6.61 Å². The summed E-state index contributed by atoms with van der Waals surface area (Å²) < 4.78 is 33.2. The quantitative estimate of drug-likeness (QED) is 0.596. The molecule has 0 heterocycles. The zero-order chi connectivity index (χ0) is 13.5. The number of thiol groups is 1. The molecule has 0 spiro atoms. The van der Waals surface area contributed by atoms with Crippen molar-refractivity contribution in [2.75, 3.05) is 11.3 Å². The number of hydrogen-bond donors (Lipinski definition) is 2. The summed E-state index contributed by atoms with van der Waals surface area (Å²) in [4.78, 5) is 11.3. The monoisotopic (exact) mass is 273 g/mol. The van der Waals surface area contributed by atoms with E-state index < -0.39 is 23.0 Å². The predicted octanol–water partition coefficient (Wildman–Crippen LogP) is 0.955. The fourth-order valence-corrected chi connectivity index (χ4v) is 1.59. The fraction of sp³-hybridized carbons (Fsp3) is 0.364. The van der Waals surface area contributed by atoms with Gasteiger partial charge in [0.25, 0.3) is 0 Å². The fourth-order valence-electron chi connectivity index (χ4n) is 1.23. The van der Waals surface area contributed by atoms with E-state index in [1.807, 2.05) is 0 Å². The van der Waals surface area contributed by atoms with Gasteiger partial charge >= 0.3 is 5.97 Å². The number of anilines is 1. The molecular weight excluding hydrogens is 258 g/mol. The van der Waals surface area contributed by atoms with Gasteiger partial charge in [-0.05, 0) is 38.1 Å². The maximum Gasteiger partial charge on any atom is 0.347 e. The van der Waals surface area contributed by atoms with Crippen molar-refractivity contribution < 1.29 is 22.7 Å². The molecular formula is C11H15NO5S. The van der Waals surface area contributed by atoms with Gasteiger partial charge in [-0.3, -0.25) is 4.72 Å². The summed E-state index contributed by atoms with van der Waals surface area (Å²) in [7, 11) is -2.68. The van der Waals surface area contributed by atoms with E-state index in [4.69, 9.17) is 9.47 Å². The first-order valence-corrected chi connectivity index (χ1v) is 6.55. The van der Waals surface area contributed by atoms with Gasteiger partial charge in [-0.2, -0.15) is 0 Å². The molecule has 18 heavy (non-hydrogen) atoms. The van der Waals surface area contributed by atoms with Crippen molar-refractivity contribution in [1.29, 1.82) is 0 Å². The lowest BCUT2D eigenvalue weighted by Crippen LogP contribution is -2.26. The average molecular weight is 273 g/mol. The minimum Gasteiger partial charge on any atom is -0.479 e. The van der Waals surface area contributed by atoms with Gasteiger partial charge in [0.2, 0.25) is 10.9 Å². The Kier molecular flexibility index (Phi) is 5.44. The second-order valence-corrected chi connectivity index (χ2v) is 4.14. The number of rotatable bonds is 6. The number of hydrogen-bond acceptors (Lipinski definition) is 5. The molecule has 6 nitrogen and oxygen atoms in total. The SMILES string of the molecule is CCOC(=O)C(C)Oc1ccc(N[SH](=O)=O)cc1. The molecule has 0 amide bonds. The van der Waals surface area contributed by atoms with Gasteiger partial charge < -0.3 is 9.47 Å². The molecule has 0 bridgehead atoms. The van der Waals surface area contributed by atoms with Crippen LogP contribution in [0.4, 0.5) is 5.69 Å². The summed E-state index contributed by atoms with van der Waals surface area (Å²) >= 11 is 0. The molecule has 1 rings (SSSR count). The van der Waals surface area contributed by atoms with Crippen molar-refractivity contribution >= 4 is 22.5 Å². The van der Waals surface area contributed by atoms with E-state index in [1.165, 1.54) is 0 Å². The maximum absolute atomic E-state index is 11.3. The molecule has 0 aliphatic heterocycles. The Bertz CT molecular complexity index is 461. The van der Waals surface area contributed by atoms with E-state index >= 15 is 0 Å². The Morgan fingerprint density at radius 1 is 1.33 bits per heavy atom. The van der Waals surface area contributed by atoms with E-state index in [-0.39, 0.29) is 0 Å². The zero-order valence-electron chi connectivity index (χ0n) is 10.1. The van der Waals surface area contributed by atoms with Crippen LogP contribution in [-0.2, 0) is 20.4 Å². The highest BCUT2D eigenvalue weighted by Gasteiger charge is 2.15. The summed E-state index contributed by atoms with van der Waals surface area (Å²) in [5, 5.41) is 0. The smallest absolute Gasteiger partial charge is 0.347 e. The summed E-state index contributed by atoms with van der Waals surface area (Å²) in [6, 6.07) is 6.21. The second kappa shape index (κ2) is 6.85. The van der Waals surface area contributed by atoms with Crippen LogP contribution in [0.25, 0.3) is 0 Å². The minimum absolute atomic E-state index is 0.298. The normalized spacial score (nSPS) is 11.9. The number of nitrogens with one attached hydrogen (secondary N) is 1. The number of carbonyl (C=O) groups excluding carboxylic acids is 1. The lowest BCUT2D eigenvalue weighted by Gasteiger charge is -2.13. The molecule has 0 saturated heterocycles. The van der Waals surface area contributed by atoms with E-state index in [9.17, 15) is 13.2 Å². The Balaban J connectivity index is 2.60. The molecule has 0 aromatic heterocycles. The molecule has 1 N–H and O–H groups in total. The molecule has 1 unspecified atom stereocenters. The van der Waals surface area contributed by atoms with Gasteiger partial charge in [-0.25, -0.2) is 13.2 Å². The molecule has 7 heteroatoms. The summed E-state index contributed by atoms with van der Waals surface area (Å²) in [6.07, 6.45) is -0.708. The van der Waals surface area contributed by atoms with E-state index in [2.05, 4.69) is 4.72 Å². The summed E-state index contributed by atoms with van der Waals surface area (Å²) in [5.74, 6) is 0.0181. The van der Waals surface area contributed by atoms with Gasteiger partial charge in [0.1, 0.15) is 5.75 Å². The predicted molar refractivity (Wildman–Crippen MR) is 67.1 cm³/mol. The van der Waals surface area contributed by atoms with Crippen molar-refractivity contribution in [3.05, 3.63) is 24.3 Å². The number of ether oxygens (including phenoxy) is 2.